The Kier molecular flexibility index (Phi) is 5.59. The molecule has 0 saturated carbocycles. The Labute approximate surface area is 108 Å². The molecule has 1 aromatic carbocycles. The largest absolute Gasteiger partial charge is 0.432 e. The van der Waals surface area contributed by atoms with Crippen LogP contribution in [0.15, 0.2) is 37.1 Å². The molecule has 0 aliphatic heterocycles. The van der Waals surface area contributed by atoms with Crippen molar-refractivity contribution in [3.8, 4) is 0 Å². The van der Waals surface area contributed by atoms with Gasteiger partial charge in [-0.25, -0.2) is 4.79 Å². The SMILES string of the molecule is C=COC(=O)c1ccccc1C(C)OCC(C)C. The van der Waals surface area contributed by atoms with Crippen LogP contribution >= 0.6 is 0 Å². The van der Waals surface area contributed by atoms with Crippen LogP contribution in [0.2, 0.25) is 0 Å². The number of ether oxygens (including phenoxy) is 2. The summed E-state index contributed by atoms with van der Waals surface area (Å²) in [6, 6.07) is 7.30. The van der Waals surface area contributed by atoms with Gasteiger partial charge in [0.2, 0.25) is 0 Å². The van der Waals surface area contributed by atoms with Gasteiger partial charge < -0.3 is 9.47 Å². The van der Waals surface area contributed by atoms with Crippen LogP contribution in [0.3, 0.4) is 0 Å². The van der Waals surface area contributed by atoms with Crippen molar-refractivity contribution in [2.75, 3.05) is 6.61 Å². The Hall–Kier alpha value is -1.61. The third-order valence-electron chi connectivity index (χ3n) is 2.49. The molecule has 0 heterocycles. The van der Waals surface area contributed by atoms with E-state index in [2.05, 4.69) is 20.4 Å². The highest BCUT2D eigenvalue weighted by molar-refractivity contribution is 5.91. The molecular formula is C15H20O3. The van der Waals surface area contributed by atoms with Gasteiger partial charge in [-0.15, -0.1) is 0 Å². The lowest BCUT2D eigenvalue weighted by Crippen LogP contribution is -2.11. The van der Waals surface area contributed by atoms with Gasteiger partial charge in [-0.2, -0.15) is 0 Å². The van der Waals surface area contributed by atoms with Crippen LogP contribution in [0.4, 0.5) is 0 Å². The molecule has 1 unspecified atom stereocenters. The summed E-state index contributed by atoms with van der Waals surface area (Å²) >= 11 is 0. The number of hydrogen-bond acceptors (Lipinski definition) is 3. The molecule has 0 saturated heterocycles. The molecule has 3 nitrogen and oxygen atoms in total. The molecule has 0 amide bonds. The number of carbonyl (C=O) groups is 1. The van der Waals surface area contributed by atoms with Crippen LogP contribution in [0, 0.1) is 5.92 Å². The third-order valence-corrected chi connectivity index (χ3v) is 2.49. The van der Waals surface area contributed by atoms with Gasteiger partial charge in [-0.05, 0) is 24.5 Å². The quantitative estimate of drug-likeness (QED) is 0.568. The highest BCUT2D eigenvalue weighted by Gasteiger charge is 2.16. The Morgan fingerprint density at radius 2 is 2.00 bits per heavy atom. The second-order valence-corrected chi connectivity index (χ2v) is 4.53. The van der Waals surface area contributed by atoms with Crippen LogP contribution in [0.25, 0.3) is 0 Å². The zero-order valence-corrected chi connectivity index (χ0v) is 11.2. The highest BCUT2D eigenvalue weighted by Crippen LogP contribution is 2.22. The standard InChI is InChI=1S/C15H20O3/c1-5-17-15(16)14-9-7-6-8-13(14)12(4)18-10-11(2)3/h5-9,11-12H,1,10H2,2-4H3. The van der Waals surface area contributed by atoms with Gasteiger partial charge in [-0.1, -0.05) is 38.6 Å². The second kappa shape index (κ2) is 6.97. The molecule has 0 bridgehead atoms. The molecule has 0 spiro atoms. The topological polar surface area (TPSA) is 35.5 Å². The van der Waals surface area contributed by atoms with Crippen molar-refractivity contribution in [2.24, 2.45) is 5.92 Å². The van der Waals surface area contributed by atoms with Crippen molar-refractivity contribution < 1.29 is 14.3 Å². The predicted octanol–water partition coefficient (Wildman–Crippen LogP) is 3.72. The minimum absolute atomic E-state index is 0.138. The van der Waals surface area contributed by atoms with E-state index in [0.29, 0.717) is 18.1 Å². The summed E-state index contributed by atoms with van der Waals surface area (Å²) in [5.74, 6) is 0.0559. The van der Waals surface area contributed by atoms with E-state index in [9.17, 15) is 4.79 Å². The maximum Gasteiger partial charge on any atom is 0.343 e. The number of rotatable bonds is 6. The summed E-state index contributed by atoms with van der Waals surface area (Å²) in [4.78, 5) is 11.8. The molecular weight excluding hydrogens is 228 g/mol. The van der Waals surface area contributed by atoms with Crippen molar-refractivity contribution in [1.82, 2.24) is 0 Å². The fourth-order valence-electron chi connectivity index (χ4n) is 1.60. The summed E-state index contributed by atoms with van der Waals surface area (Å²) in [7, 11) is 0. The molecule has 0 N–H and O–H groups in total. The lowest BCUT2D eigenvalue weighted by Gasteiger charge is -2.17. The lowest BCUT2D eigenvalue weighted by atomic mass is 10.0. The Balaban J connectivity index is 2.87. The van der Waals surface area contributed by atoms with Gasteiger partial charge in [0.15, 0.2) is 0 Å². The van der Waals surface area contributed by atoms with E-state index in [0.717, 1.165) is 11.8 Å². The Morgan fingerprint density at radius 3 is 2.61 bits per heavy atom. The monoisotopic (exact) mass is 248 g/mol. The van der Waals surface area contributed by atoms with Crippen LogP contribution in [-0.2, 0) is 9.47 Å². The van der Waals surface area contributed by atoms with Crippen molar-refractivity contribution in [2.45, 2.75) is 26.9 Å². The van der Waals surface area contributed by atoms with E-state index in [4.69, 9.17) is 9.47 Å². The second-order valence-electron chi connectivity index (χ2n) is 4.53. The molecule has 18 heavy (non-hydrogen) atoms. The average Bonchev–Trinajstić information content (AvgIpc) is 2.36. The smallest absolute Gasteiger partial charge is 0.343 e. The van der Waals surface area contributed by atoms with Gasteiger partial charge in [-0.3, -0.25) is 0 Å². The number of carbonyl (C=O) groups excluding carboxylic acids is 1. The molecule has 1 rings (SSSR count). The van der Waals surface area contributed by atoms with E-state index >= 15 is 0 Å². The fraction of sp³-hybridized carbons (Fsp3) is 0.400. The van der Waals surface area contributed by atoms with Gasteiger partial charge >= 0.3 is 5.97 Å². The first-order valence-electron chi connectivity index (χ1n) is 6.08. The van der Waals surface area contributed by atoms with Gasteiger partial charge in [0.1, 0.15) is 0 Å². The zero-order chi connectivity index (χ0) is 13.5. The summed E-state index contributed by atoms with van der Waals surface area (Å²) in [5.41, 5.74) is 1.36. The van der Waals surface area contributed by atoms with E-state index in [1.54, 1.807) is 12.1 Å². The van der Waals surface area contributed by atoms with Crippen molar-refractivity contribution in [1.29, 1.82) is 0 Å². The zero-order valence-electron chi connectivity index (χ0n) is 11.2. The van der Waals surface area contributed by atoms with Crippen LogP contribution < -0.4 is 0 Å². The molecule has 0 aliphatic rings. The average molecular weight is 248 g/mol. The molecule has 1 atom stereocenters. The van der Waals surface area contributed by atoms with Crippen molar-refractivity contribution in [3.63, 3.8) is 0 Å². The molecule has 0 radical (unpaired) electrons. The number of esters is 1. The Morgan fingerprint density at radius 1 is 1.33 bits per heavy atom. The van der Waals surface area contributed by atoms with Gasteiger partial charge in [0, 0.05) is 6.61 Å². The van der Waals surface area contributed by atoms with Gasteiger partial charge in [0.25, 0.3) is 0 Å². The summed E-state index contributed by atoms with van der Waals surface area (Å²) in [6.45, 7) is 10.2. The third kappa shape index (κ3) is 4.00. The highest BCUT2D eigenvalue weighted by atomic mass is 16.5. The molecule has 0 aliphatic carbocycles. The molecule has 0 aromatic heterocycles. The summed E-state index contributed by atoms with van der Waals surface area (Å²) in [6.07, 6.45) is 1.000. The van der Waals surface area contributed by atoms with Gasteiger partial charge in [0.05, 0.1) is 17.9 Å². The van der Waals surface area contributed by atoms with E-state index in [1.165, 1.54) is 0 Å². The molecule has 1 aromatic rings. The molecule has 98 valence electrons. The minimum atomic E-state index is -0.402. The first kappa shape index (κ1) is 14.5. The minimum Gasteiger partial charge on any atom is -0.432 e. The number of benzene rings is 1. The molecule has 3 heteroatoms. The van der Waals surface area contributed by atoms with E-state index in [-0.39, 0.29) is 6.10 Å². The predicted molar refractivity (Wildman–Crippen MR) is 71.3 cm³/mol. The van der Waals surface area contributed by atoms with Crippen molar-refractivity contribution >= 4 is 5.97 Å². The van der Waals surface area contributed by atoms with Crippen molar-refractivity contribution in [3.05, 3.63) is 48.2 Å². The normalized spacial score (nSPS) is 12.2. The lowest BCUT2D eigenvalue weighted by molar-refractivity contribution is 0.0444. The molecule has 0 fully saturated rings. The van der Waals surface area contributed by atoms with Crippen LogP contribution in [0.1, 0.15) is 42.8 Å². The van der Waals surface area contributed by atoms with Crippen LogP contribution in [0.5, 0.6) is 0 Å². The maximum atomic E-state index is 11.8. The first-order valence-corrected chi connectivity index (χ1v) is 6.08. The number of hydrogen-bond donors (Lipinski definition) is 0. The van der Waals surface area contributed by atoms with E-state index in [1.807, 2.05) is 19.1 Å². The van der Waals surface area contributed by atoms with Crippen LogP contribution in [-0.4, -0.2) is 12.6 Å². The first-order chi connectivity index (χ1) is 8.56. The Bertz CT molecular complexity index is 410. The maximum absolute atomic E-state index is 11.8. The van der Waals surface area contributed by atoms with E-state index < -0.39 is 5.97 Å². The summed E-state index contributed by atoms with van der Waals surface area (Å²) in [5, 5.41) is 0. The summed E-state index contributed by atoms with van der Waals surface area (Å²) < 4.78 is 10.5. The fourth-order valence-corrected chi connectivity index (χ4v) is 1.60.